The van der Waals surface area contributed by atoms with Gasteiger partial charge in [-0.25, -0.2) is 4.98 Å². The summed E-state index contributed by atoms with van der Waals surface area (Å²) in [5, 5.41) is 13.9. The van der Waals surface area contributed by atoms with E-state index in [-0.39, 0.29) is 5.57 Å². The van der Waals surface area contributed by atoms with Crippen LogP contribution in [-0.4, -0.2) is 10.9 Å². The zero-order valence-corrected chi connectivity index (χ0v) is 14.9. The second-order valence-electron chi connectivity index (χ2n) is 5.06. The number of hydrogen-bond donors (Lipinski definition) is 1. The fourth-order valence-electron chi connectivity index (χ4n) is 2.00. The first-order chi connectivity index (χ1) is 12.6. The number of hydrogen-bond acceptors (Lipinski definition) is 5. The highest BCUT2D eigenvalue weighted by molar-refractivity contribution is 7.99. The lowest BCUT2D eigenvalue weighted by molar-refractivity contribution is -0.112. The third kappa shape index (κ3) is 4.76. The molecule has 7 heteroatoms. The molecule has 0 aliphatic rings. The maximum Gasteiger partial charge on any atom is 0.266 e. The number of carbonyl (C=O) groups is 1. The monoisotopic (exact) mass is 381 g/mol. The smallest absolute Gasteiger partial charge is 0.266 e. The largest absolute Gasteiger partial charge is 0.450 e. The van der Waals surface area contributed by atoms with Crippen molar-refractivity contribution in [3.05, 3.63) is 77.2 Å². The van der Waals surface area contributed by atoms with E-state index >= 15 is 0 Å². The number of amides is 1. The van der Waals surface area contributed by atoms with Crippen molar-refractivity contribution in [2.45, 2.75) is 10.1 Å². The van der Waals surface area contributed by atoms with E-state index < -0.39 is 5.91 Å². The Morgan fingerprint density at radius 3 is 2.69 bits per heavy atom. The van der Waals surface area contributed by atoms with Gasteiger partial charge in [-0.1, -0.05) is 17.7 Å². The summed E-state index contributed by atoms with van der Waals surface area (Å²) >= 11 is 7.16. The van der Waals surface area contributed by atoms with Crippen LogP contribution in [0.3, 0.4) is 0 Å². The highest BCUT2D eigenvalue weighted by Crippen LogP contribution is 2.28. The minimum Gasteiger partial charge on any atom is -0.450 e. The van der Waals surface area contributed by atoms with Crippen LogP contribution in [0.4, 0.5) is 5.69 Å². The summed E-state index contributed by atoms with van der Waals surface area (Å²) < 4.78 is 5.63. The second-order valence-corrected chi connectivity index (χ2v) is 6.52. The molecule has 0 aliphatic carbocycles. The Morgan fingerprint density at radius 2 is 2.00 bits per heavy atom. The van der Waals surface area contributed by atoms with Gasteiger partial charge in [-0.2, -0.15) is 5.26 Å². The molecule has 0 fully saturated rings. The maximum absolute atomic E-state index is 12.2. The number of nitriles is 1. The molecule has 3 rings (SSSR count). The molecule has 1 N–H and O–H groups in total. The number of benzene rings is 1. The van der Waals surface area contributed by atoms with Gasteiger partial charge >= 0.3 is 0 Å². The van der Waals surface area contributed by atoms with Crippen LogP contribution in [0.5, 0.6) is 0 Å². The van der Waals surface area contributed by atoms with Gasteiger partial charge in [-0.15, -0.1) is 0 Å². The van der Waals surface area contributed by atoms with Crippen LogP contribution in [0.15, 0.2) is 80.9 Å². The predicted molar refractivity (Wildman–Crippen MR) is 101 cm³/mol. The van der Waals surface area contributed by atoms with Gasteiger partial charge in [0, 0.05) is 23.0 Å². The van der Waals surface area contributed by atoms with Crippen LogP contribution in [0, 0.1) is 11.3 Å². The molecule has 0 aliphatic heterocycles. The molecule has 0 unspecified atom stereocenters. The standard InChI is InChI=1S/C19H12ClN3O2S/c20-14-4-6-15(7-5-14)23-19(24)13(12-21)11-16-8-9-18(25-16)26-17-3-1-2-10-22-17/h1-11H,(H,23,24)/b13-11+. The lowest BCUT2D eigenvalue weighted by atomic mass is 10.2. The molecule has 1 aromatic carbocycles. The number of furan rings is 1. The van der Waals surface area contributed by atoms with Crippen molar-refractivity contribution >= 4 is 41.0 Å². The zero-order valence-electron chi connectivity index (χ0n) is 13.3. The normalized spacial score (nSPS) is 11.0. The molecule has 0 bridgehead atoms. The number of aromatic nitrogens is 1. The molecule has 3 aromatic rings. The zero-order chi connectivity index (χ0) is 18.4. The molecule has 26 heavy (non-hydrogen) atoms. The van der Waals surface area contributed by atoms with Crippen molar-refractivity contribution in [3.63, 3.8) is 0 Å². The number of anilines is 1. The molecule has 128 valence electrons. The van der Waals surface area contributed by atoms with E-state index in [1.165, 1.54) is 17.8 Å². The summed E-state index contributed by atoms with van der Waals surface area (Å²) in [6, 6.07) is 17.5. The van der Waals surface area contributed by atoms with Crippen LogP contribution in [0.2, 0.25) is 5.02 Å². The third-order valence-electron chi connectivity index (χ3n) is 3.20. The number of nitrogens with zero attached hydrogens (tertiary/aromatic N) is 2. The van der Waals surface area contributed by atoms with Crippen LogP contribution < -0.4 is 5.32 Å². The van der Waals surface area contributed by atoms with Gasteiger partial charge in [-0.05, 0) is 60.3 Å². The molecular formula is C19H12ClN3O2S. The van der Waals surface area contributed by atoms with Crippen LogP contribution >= 0.6 is 23.4 Å². The molecule has 0 spiro atoms. The predicted octanol–water partition coefficient (Wildman–Crippen LogP) is 5.02. The average Bonchev–Trinajstić information content (AvgIpc) is 3.09. The lowest BCUT2D eigenvalue weighted by Gasteiger charge is -2.03. The van der Waals surface area contributed by atoms with Gasteiger partial charge < -0.3 is 9.73 Å². The number of pyridine rings is 1. The first kappa shape index (κ1) is 17.8. The van der Waals surface area contributed by atoms with Crippen molar-refractivity contribution in [2.24, 2.45) is 0 Å². The molecule has 0 saturated carbocycles. The Morgan fingerprint density at radius 1 is 1.19 bits per heavy atom. The van der Waals surface area contributed by atoms with E-state index in [0.717, 1.165) is 5.03 Å². The molecule has 0 saturated heterocycles. The quantitative estimate of drug-likeness (QED) is 0.495. The van der Waals surface area contributed by atoms with Crippen molar-refractivity contribution in [3.8, 4) is 6.07 Å². The molecule has 1 amide bonds. The summed E-state index contributed by atoms with van der Waals surface area (Å²) in [5.74, 6) is -0.114. The molecule has 2 aromatic heterocycles. The number of carbonyl (C=O) groups excluding carboxylic acids is 1. The first-order valence-electron chi connectivity index (χ1n) is 7.51. The van der Waals surface area contributed by atoms with E-state index in [9.17, 15) is 10.1 Å². The topological polar surface area (TPSA) is 78.9 Å². The highest BCUT2D eigenvalue weighted by atomic mass is 35.5. The van der Waals surface area contributed by atoms with Crippen molar-refractivity contribution in [1.82, 2.24) is 4.98 Å². The SMILES string of the molecule is N#C/C(=C\c1ccc(Sc2ccccn2)o1)C(=O)Nc1ccc(Cl)cc1. The highest BCUT2D eigenvalue weighted by Gasteiger charge is 2.11. The van der Waals surface area contributed by atoms with E-state index in [0.29, 0.717) is 21.6 Å². The molecule has 2 heterocycles. The van der Waals surface area contributed by atoms with Crippen molar-refractivity contribution < 1.29 is 9.21 Å². The molecular weight excluding hydrogens is 370 g/mol. The van der Waals surface area contributed by atoms with E-state index in [4.69, 9.17) is 16.0 Å². The lowest BCUT2D eigenvalue weighted by Crippen LogP contribution is -2.13. The van der Waals surface area contributed by atoms with Gasteiger partial charge in [0.05, 0.1) is 0 Å². The van der Waals surface area contributed by atoms with Gasteiger partial charge in [0.25, 0.3) is 5.91 Å². The van der Waals surface area contributed by atoms with Crippen LogP contribution in [-0.2, 0) is 4.79 Å². The van der Waals surface area contributed by atoms with Gasteiger partial charge in [0.2, 0.25) is 0 Å². The summed E-state index contributed by atoms with van der Waals surface area (Å²) in [5.41, 5.74) is 0.482. The first-order valence-corrected chi connectivity index (χ1v) is 8.71. The Bertz CT molecular complexity index is 976. The van der Waals surface area contributed by atoms with Crippen LogP contribution in [0.1, 0.15) is 5.76 Å². The summed E-state index contributed by atoms with van der Waals surface area (Å²) in [4.78, 5) is 16.4. The maximum atomic E-state index is 12.2. The Kier molecular flexibility index (Phi) is 5.74. The van der Waals surface area contributed by atoms with E-state index in [2.05, 4.69) is 10.3 Å². The fraction of sp³-hybridized carbons (Fsp3) is 0. The average molecular weight is 382 g/mol. The number of rotatable bonds is 5. The summed E-state index contributed by atoms with van der Waals surface area (Å²) in [7, 11) is 0. The van der Waals surface area contributed by atoms with E-state index in [1.807, 2.05) is 24.3 Å². The number of halogens is 1. The van der Waals surface area contributed by atoms with Crippen molar-refractivity contribution in [1.29, 1.82) is 5.26 Å². The fourth-order valence-corrected chi connectivity index (χ4v) is 2.87. The minimum absolute atomic E-state index is 0.0660. The van der Waals surface area contributed by atoms with Gasteiger partial charge in [-0.3, -0.25) is 4.79 Å². The Hall–Kier alpha value is -3.01. The minimum atomic E-state index is -0.523. The van der Waals surface area contributed by atoms with Crippen molar-refractivity contribution in [2.75, 3.05) is 5.32 Å². The summed E-state index contributed by atoms with van der Waals surface area (Å²) in [6.45, 7) is 0. The molecule has 0 radical (unpaired) electrons. The molecule has 5 nitrogen and oxygen atoms in total. The van der Waals surface area contributed by atoms with Gasteiger partial charge in [0.1, 0.15) is 22.4 Å². The van der Waals surface area contributed by atoms with Gasteiger partial charge in [0.15, 0.2) is 5.09 Å². The Balaban J connectivity index is 1.71. The third-order valence-corrected chi connectivity index (χ3v) is 4.32. The van der Waals surface area contributed by atoms with Crippen LogP contribution in [0.25, 0.3) is 6.08 Å². The second kappa shape index (κ2) is 8.39. The Labute approximate surface area is 159 Å². The summed E-state index contributed by atoms with van der Waals surface area (Å²) in [6.07, 6.45) is 3.09. The number of nitrogens with one attached hydrogen (secondary N) is 1. The van der Waals surface area contributed by atoms with E-state index in [1.54, 1.807) is 42.6 Å². The molecule has 0 atom stereocenters.